The van der Waals surface area contributed by atoms with Crippen LogP contribution in [0.25, 0.3) is 6.08 Å². The van der Waals surface area contributed by atoms with Crippen molar-refractivity contribution in [3.8, 4) is 11.5 Å². The van der Waals surface area contributed by atoms with Gasteiger partial charge in [-0.15, -0.1) is 0 Å². The SMILES string of the molecule is CCCCOc1ccc(F)cc1NC(=O)/C=C/c1ccc(OC)cc1. The molecular weight excluding hydrogens is 321 g/mol. The number of amides is 1. The van der Waals surface area contributed by atoms with E-state index in [9.17, 15) is 9.18 Å². The van der Waals surface area contributed by atoms with Gasteiger partial charge in [0.05, 0.1) is 19.4 Å². The van der Waals surface area contributed by atoms with Gasteiger partial charge in [-0.25, -0.2) is 4.39 Å². The van der Waals surface area contributed by atoms with E-state index < -0.39 is 5.82 Å². The number of benzene rings is 2. The van der Waals surface area contributed by atoms with Crippen LogP contribution in [0.2, 0.25) is 0 Å². The van der Waals surface area contributed by atoms with E-state index >= 15 is 0 Å². The van der Waals surface area contributed by atoms with Crippen LogP contribution in [0.15, 0.2) is 48.5 Å². The van der Waals surface area contributed by atoms with Crippen molar-refractivity contribution in [3.05, 3.63) is 59.9 Å². The molecule has 1 amide bonds. The summed E-state index contributed by atoms with van der Waals surface area (Å²) in [5.41, 5.74) is 1.18. The summed E-state index contributed by atoms with van der Waals surface area (Å²) in [7, 11) is 1.59. The fourth-order valence-corrected chi connectivity index (χ4v) is 2.11. The van der Waals surface area contributed by atoms with Crippen LogP contribution in [0.1, 0.15) is 25.3 Å². The minimum atomic E-state index is -0.433. The quantitative estimate of drug-likeness (QED) is 0.560. The van der Waals surface area contributed by atoms with Crippen LogP contribution in [0.4, 0.5) is 10.1 Å². The number of hydrogen-bond acceptors (Lipinski definition) is 3. The molecule has 2 aromatic rings. The third-order valence-corrected chi connectivity index (χ3v) is 3.50. The van der Waals surface area contributed by atoms with E-state index in [1.54, 1.807) is 13.2 Å². The van der Waals surface area contributed by atoms with Gasteiger partial charge in [0.1, 0.15) is 17.3 Å². The maximum absolute atomic E-state index is 13.5. The Bertz CT molecular complexity index is 726. The van der Waals surface area contributed by atoms with Gasteiger partial charge in [0.25, 0.3) is 0 Å². The van der Waals surface area contributed by atoms with Gasteiger partial charge in [-0.1, -0.05) is 25.5 Å². The van der Waals surface area contributed by atoms with Gasteiger partial charge in [-0.05, 0) is 42.3 Å². The van der Waals surface area contributed by atoms with Crippen molar-refractivity contribution in [1.82, 2.24) is 0 Å². The summed E-state index contributed by atoms with van der Waals surface area (Å²) in [5, 5.41) is 2.66. The first kappa shape index (κ1) is 18.5. The molecule has 5 heteroatoms. The van der Waals surface area contributed by atoms with Crippen LogP contribution < -0.4 is 14.8 Å². The van der Waals surface area contributed by atoms with Crippen molar-refractivity contribution >= 4 is 17.7 Å². The first-order chi connectivity index (χ1) is 12.1. The molecule has 2 aromatic carbocycles. The smallest absolute Gasteiger partial charge is 0.248 e. The molecule has 0 fully saturated rings. The number of nitrogens with one attached hydrogen (secondary N) is 1. The maximum atomic E-state index is 13.5. The number of rotatable bonds is 8. The van der Waals surface area contributed by atoms with Gasteiger partial charge in [-0.3, -0.25) is 4.79 Å². The number of anilines is 1. The lowest BCUT2D eigenvalue weighted by Gasteiger charge is -2.11. The molecule has 0 bridgehead atoms. The van der Waals surface area contributed by atoms with Crippen molar-refractivity contribution in [3.63, 3.8) is 0 Å². The molecule has 0 unspecified atom stereocenters. The van der Waals surface area contributed by atoms with Crippen LogP contribution >= 0.6 is 0 Å². The van der Waals surface area contributed by atoms with E-state index in [0.29, 0.717) is 18.0 Å². The van der Waals surface area contributed by atoms with Crippen LogP contribution in [0, 0.1) is 5.82 Å². The molecule has 0 saturated carbocycles. The second-order valence-electron chi connectivity index (χ2n) is 5.44. The highest BCUT2D eigenvalue weighted by Crippen LogP contribution is 2.25. The Morgan fingerprint density at radius 1 is 1.20 bits per heavy atom. The Balaban J connectivity index is 2.03. The van der Waals surface area contributed by atoms with Crippen molar-refractivity contribution in [2.75, 3.05) is 19.0 Å². The van der Waals surface area contributed by atoms with E-state index in [1.807, 2.05) is 24.3 Å². The van der Waals surface area contributed by atoms with Gasteiger partial charge < -0.3 is 14.8 Å². The summed E-state index contributed by atoms with van der Waals surface area (Å²) in [4.78, 5) is 12.1. The Kier molecular flexibility index (Phi) is 7.01. The fraction of sp³-hybridized carbons (Fsp3) is 0.250. The van der Waals surface area contributed by atoms with E-state index in [2.05, 4.69) is 12.2 Å². The van der Waals surface area contributed by atoms with E-state index in [0.717, 1.165) is 24.2 Å². The summed E-state index contributed by atoms with van der Waals surface area (Å²) in [6, 6.07) is 11.4. The zero-order chi connectivity index (χ0) is 18.1. The highest BCUT2D eigenvalue weighted by atomic mass is 19.1. The predicted octanol–water partition coefficient (Wildman–Crippen LogP) is 4.67. The molecule has 1 N–H and O–H groups in total. The number of carbonyl (C=O) groups is 1. The molecule has 0 aliphatic carbocycles. The van der Waals surface area contributed by atoms with Crippen molar-refractivity contribution < 1.29 is 18.7 Å². The maximum Gasteiger partial charge on any atom is 0.248 e. The highest BCUT2D eigenvalue weighted by molar-refractivity contribution is 6.02. The molecule has 0 aliphatic rings. The highest BCUT2D eigenvalue weighted by Gasteiger charge is 2.08. The number of carbonyl (C=O) groups excluding carboxylic acids is 1. The monoisotopic (exact) mass is 343 g/mol. The molecule has 0 saturated heterocycles. The minimum absolute atomic E-state index is 0.320. The van der Waals surface area contributed by atoms with Crippen molar-refractivity contribution in [2.24, 2.45) is 0 Å². The summed E-state index contributed by atoms with van der Waals surface area (Å²) < 4.78 is 24.2. The Morgan fingerprint density at radius 2 is 1.96 bits per heavy atom. The third-order valence-electron chi connectivity index (χ3n) is 3.50. The van der Waals surface area contributed by atoms with Gasteiger partial charge in [-0.2, -0.15) is 0 Å². The molecular formula is C20H22FNO3. The van der Waals surface area contributed by atoms with Crippen molar-refractivity contribution in [1.29, 1.82) is 0 Å². The molecule has 4 nitrogen and oxygen atoms in total. The average Bonchev–Trinajstić information content (AvgIpc) is 2.62. The van der Waals surface area contributed by atoms with Crippen molar-refractivity contribution in [2.45, 2.75) is 19.8 Å². The zero-order valence-corrected chi connectivity index (χ0v) is 14.4. The third kappa shape index (κ3) is 5.95. The van der Waals surface area contributed by atoms with Gasteiger partial charge in [0, 0.05) is 12.1 Å². The molecule has 25 heavy (non-hydrogen) atoms. The molecule has 0 radical (unpaired) electrons. The summed E-state index contributed by atoms with van der Waals surface area (Å²) >= 11 is 0. The predicted molar refractivity (Wildman–Crippen MR) is 97.5 cm³/mol. The molecule has 132 valence electrons. The largest absolute Gasteiger partial charge is 0.497 e. The normalized spacial score (nSPS) is 10.7. The van der Waals surface area contributed by atoms with E-state index in [-0.39, 0.29) is 5.91 Å². The van der Waals surface area contributed by atoms with Crippen LogP contribution in [-0.2, 0) is 4.79 Å². The van der Waals surface area contributed by atoms with Crippen LogP contribution in [0.3, 0.4) is 0 Å². The summed E-state index contributed by atoms with van der Waals surface area (Å²) in [6.07, 6.45) is 4.95. The molecule has 0 atom stereocenters. The number of unbranched alkanes of at least 4 members (excludes halogenated alkanes) is 1. The summed E-state index contributed by atoms with van der Waals surface area (Å²) in [6.45, 7) is 2.58. The number of methoxy groups -OCH3 is 1. The van der Waals surface area contributed by atoms with E-state index in [4.69, 9.17) is 9.47 Å². The van der Waals surface area contributed by atoms with Crippen LogP contribution in [-0.4, -0.2) is 19.6 Å². The second-order valence-corrected chi connectivity index (χ2v) is 5.44. The lowest BCUT2D eigenvalue weighted by molar-refractivity contribution is -0.111. The fourth-order valence-electron chi connectivity index (χ4n) is 2.11. The number of halogens is 1. The van der Waals surface area contributed by atoms with Gasteiger partial charge in [0.2, 0.25) is 5.91 Å². The Morgan fingerprint density at radius 3 is 2.64 bits per heavy atom. The van der Waals surface area contributed by atoms with Gasteiger partial charge >= 0.3 is 0 Å². The zero-order valence-electron chi connectivity index (χ0n) is 14.4. The topological polar surface area (TPSA) is 47.6 Å². The molecule has 0 heterocycles. The van der Waals surface area contributed by atoms with Crippen LogP contribution in [0.5, 0.6) is 11.5 Å². The number of ether oxygens (including phenoxy) is 2. The molecule has 2 rings (SSSR count). The Hall–Kier alpha value is -2.82. The lowest BCUT2D eigenvalue weighted by Crippen LogP contribution is -2.10. The standard InChI is InChI=1S/C20H22FNO3/c1-3-4-13-25-19-11-8-16(21)14-18(19)22-20(23)12-7-15-5-9-17(24-2)10-6-15/h5-12,14H,3-4,13H2,1-2H3,(H,22,23)/b12-7+. The average molecular weight is 343 g/mol. The van der Waals surface area contributed by atoms with E-state index in [1.165, 1.54) is 24.3 Å². The molecule has 0 spiro atoms. The van der Waals surface area contributed by atoms with Gasteiger partial charge in [0.15, 0.2) is 0 Å². The molecule has 0 aliphatic heterocycles. The minimum Gasteiger partial charge on any atom is -0.497 e. The first-order valence-electron chi connectivity index (χ1n) is 8.18. The first-order valence-corrected chi connectivity index (χ1v) is 8.18. The molecule has 0 aromatic heterocycles. The second kappa shape index (κ2) is 9.47. The lowest BCUT2D eigenvalue weighted by atomic mass is 10.2. The number of hydrogen-bond donors (Lipinski definition) is 1. The Labute approximate surface area is 147 Å². The summed E-state index contributed by atoms with van der Waals surface area (Å²) in [5.74, 6) is 0.412.